The second kappa shape index (κ2) is 6.62. The molecule has 1 fully saturated rings. The van der Waals surface area contributed by atoms with Crippen molar-refractivity contribution < 1.29 is 14.3 Å². The molecule has 1 unspecified atom stereocenters. The van der Waals surface area contributed by atoms with Gasteiger partial charge in [-0.05, 0) is 24.4 Å². The van der Waals surface area contributed by atoms with Gasteiger partial charge < -0.3 is 19.7 Å². The fraction of sp³-hybridized carbons (Fsp3) is 0.375. The molecule has 0 spiro atoms. The monoisotopic (exact) mass is 301 g/mol. The number of likely N-dealkylation sites (tertiary alicyclic amines) is 1. The summed E-state index contributed by atoms with van der Waals surface area (Å²) < 4.78 is 5.06. The highest BCUT2D eigenvalue weighted by Gasteiger charge is 2.23. The third kappa shape index (κ3) is 3.46. The zero-order valence-corrected chi connectivity index (χ0v) is 12.2. The van der Waals surface area contributed by atoms with E-state index >= 15 is 0 Å². The Morgan fingerprint density at radius 1 is 1.41 bits per heavy atom. The van der Waals surface area contributed by atoms with Gasteiger partial charge in [0.1, 0.15) is 6.26 Å². The molecule has 6 nitrogen and oxygen atoms in total. The number of hydrogen-bond acceptors (Lipinski definition) is 5. The van der Waals surface area contributed by atoms with Crippen molar-refractivity contribution in [2.75, 3.05) is 31.5 Å². The van der Waals surface area contributed by atoms with Crippen LogP contribution in [-0.2, 0) is 0 Å². The van der Waals surface area contributed by atoms with Crippen LogP contribution in [-0.4, -0.2) is 47.1 Å². The number of anilines is 1. The number of nitrogens with zero attached hydrogens (tertiary/aromatic N) is 2. The molecule has 1 aliphatic heterocycles. The number of benzene rings is 1. The summed E-state index contributed by atoms with van der Waals surface area (Å²) in [5, 5.41) is 11.8. The fourth-order valence-electron chi connectivity index (χ4n) is 2.81. The quantitative estimate of drug-likeness (QED) is 0.852. The van der Waals surface area contributed by atoms with Crippen molar-refractivity contribution >= 4 is 12.0 Å². The largest absolute Gasteiger partial charge is 0.476 e. The maximum absolute atomic E-state index is 10.7. The number of rotatable bonds is 6. The number of aromatic nitrogens is 1. The molecule has 2 aromatic rings. The Morgan fingerprint density at radius 3 is 2.95 bits per heavy atom. The first-order valence-electron chi connectivity index (χ1n) is 7.42. The van der Waals surface area contributed by atoms with E-state index in [2.05, 4.69) is 39.5 Å². The molecule has 2 N–H and O–H groups in total. The van der Waals surface area contributed by atoms with Gasteiger partial charge in [-0.15, -0.1) is 0 Å². The summed E-state index contributed by atoms with van der Waals surface area (Å²) in [5.74, 6) is -0.483. The Labute approximate surface area is 128 Å². The molecule has 6 heteroatoms. The van der Waals surface area contributed by atoms with Crippen molar-refractivity contribution in [3.63, 3.8) is 0 Å². The predicted molar refractivity (Wildman–Crippen MR) is 82.2 cm³/mol. The lowest BCUT2D eigenvalue weighted by Crippen LogP contribution is -2.26. The lowest BCUT2D eigenvalue weighted by Gasteiger charge is -2.16. The first-order chi connectivity index (χ1) is 10.7. The first kappa shape index (κ1) is 14.6. The van der Waals surface area contributed by atoms with Crippen molar-refractivity contribution in [1.82, 2.24) is 9.88 Å². The van der Waals surface area contributed by atoms with Crippen LogP contribution in [0.4, 0.5) is 6.01 Å². The van der Waals surface area contributed by atoms with E-state index in [0.717, 1.165) is 25.9 Å². The smallest absolute Gasteiger partial charge is 0.357 e. The molecule has 1 aromatic heterocycles. The maximum atomic E-state index is 10.7. The highest BCUT2D eigenvalue weighted by molar-refractivity contribution is 5.85. The van der Waals surface area contributed by atoms with E-state index in [1.165, 1.54) is 12.0 Å². The van der Waals surface area contributed by atoms with Gasteiger partial charge in [-0.25, -0.2) is 4.79 Å². The van der Waals surface area contributed by atoms with E-state index in [1.54, 1.807) is 0 Å². The molecule has 0 aliphatic carbocycles. The van der Waals surface area contributed by atoms with Gasteiger partial charge in [-0.3, -0.25) is 0 Å². The number of carbonyl (C=O) groups is 1. The van der Waals surface area contributed by atoms with Crippen LogP contribution in [0.5, 0.6) is 0 Å². The van der Waals surface area contributed by atoms with Gasteiger partial charge in [0.15, 0.2) is 5.69 Å². The van der Waals surface area contributed by atoms with Crippen molar-refractivity contribution in [3.8, 4) is 0 Å². The molecule has 1 atom stereocenters. The van der Waals surface area contributed by atoms with Gasteiger partial charge in [0.05, 0.1) is 0 Å². The molecule has 3 rings (SSSR count). The minimum Gasteiger partial charge on any atom is -0.476 e. The van der Waals surface area contributed by atoms with Crippen molar-refractivity contribution in [2.45, 2.75) is 12.3 Å². The lowest BCUT2D eigenvalue weighted by atomic mass is 9.99. The van der Waals surface area contributed by atoms with Crippen molar-refractivity contribution in [1.29, 1.82) is 0 Å². The zero-order chi connectivity index (χ0) is 15.4. The highest BCUT2D eigenvalue weighted by Crippen LogP contribution is 2.26. The minimum absolute atomic E-state index is 0.0761. The van der Waals surface area contributed by atoms with E-state index in [9.17, 15) is 4.79 Å². The van der Waals surface area contributed by atoms with Gasteiger partial charge in [0, 0.05) is 19.6 Å². The molecule has 1 aromatic carbocycles. The summed E-state index contributed by atoms with van der Waals surface area (Å²) in [4.78, 5) is 16.9. The highest BCUT2D eigenvalue weighted by atomic mass is 16.4. The summed E-state index contributed by atoms with van der Waals surface area (Å²) in [6, 6.07) is 10.8. The molecule has 22 heavy (non-hydrogen) atoms. The SMILES string of the molecule is O=C(O)c1coc(NCCN2CCC(c3ccccc3)C2)n1. The number of hydrogen-bond donors (Lipinski definition) is 2. The standard InChI is InChI=1S/C16H19N3O3/c20-15(21)14-11-22-16(18-14)17-7-9-19-8-6-13(10-19)12-4-2-1-3-5-12/h1-5,11,13H,6-10H2,(H,17,18)(H,20,21). The number of carboxylic acids is 1. The average Bonchev–Trinajstić information content (AvgIpc) is 3.18. The van der Waals surface area contributed by atoms with Gasteiger partial charge in [-0.1, -0.05) is 30.3 Å². The third-order valence-corrected chi connectivity index (χ3v) is 3.97. The molecule has 0 radical (unpaired) electrons. The maximum Gasteiger partial charge on any atom is 0.357 e. The van der Waals surface area contributed by atoms with E-state index < -0.39 is 5.97 Å². The van der Waals surface area contributed by atoms with Crippen LogP contribution in [0, 0.1) is 0 Å². The Balaban J connectivity index is 1.44. The normalized spacial score (nSPS) is 18.5. The van der Waals surface area contributed by atoms with Crippen molar-refractivity contribution in [2.24, 2.45) is 0 Å². The molecule has 0 bridgehead atoms. The third-order valence-electron chi connectivity index (χ3n) is 3.97. The van der Waals surface area contributed by atoms with E-state index in [4.69, 9.17) is 9.52 Å². The van der Waals surface area contributed by atoms with E-state index in [-0.39, 0.29) is 11.7 Å². The minimum atomic E-state index is -1.08. The Hall–Kier alpha value is -2.34. The Morgan fingerprint density at radius 2 is 2.23 bits per heavy atom. The molecule has 1 aliphatic rings. The summed E-state index contributed by atoms with van der Waals surface area (Å²) in [6.07, 6.45) is 2.32. The zero-order valence-electron chi connectivity index (χ0n) is 12.2. The molecule has 0 amide bonds. The van der Waals surface area contributed by atoms with Crippen LogP contribution in [0.15, 0.2) is 41.0 Å². The molecule has 116 valence electrons. The molecule has 0 saturated carbocycles. The predicted octanol–water partition coefficient (Wildman–Crippen LogP) is 2.27. The Bertz CT molecular complexity index is 627. The molecular formula is C16H19N3O3. The topological polar surface area (TPSA) is 78.6 Å². The Kier molecular flexibility index (Phi) is 4.39. The van der Waals surface area contributed by atoms with Gasteiger partial charge in [-0.2, -0.15) is 4.98 Å². The summed E-state index contributed by atoms with van der Waals surface area (Å²) >= 11 is 0. The average molecular weight is 301 g/mol. The molecule has 2 heterocycles. The summed E-state index contributed by atoms with van der Waals surface area (Å²) in [7, 11) is 0. The van der Waals surface area contributed by atoms with E-state index in [1.807, 2.05) is 6.07 Å². The lowest BCUT2D eigenvalue weighted by molar-refractivity contribution is 0.0690. The molecular weight excluding hydrogens is 282 g/mol. The number of nitrogens with one attached hydrogen (secondary N) is 1. The summed E-state index contributed by atoms with van der Waals surface area (Å²) in [6.45, 7) is 3.69. The molecule has 1 saturated heterocycles. The van der Waals surface area contributed by atoms with E-state index in [0.29, 0.717) is 12.5 Å². The van der Waals surface area contributed by atoms with Crippen LogP contribution in [0.2, 0.25) is 0 Å². The fourth-order valence-corrected chi connectivity index (χ4v) is 2.81. The van der Waals surface area contributed by atoms with Gasteiger partial charge >= 0.3 is 5.97 Å². The van der Waals surface area contributed by atoms with Gasteiger partial charge in [0.25, 0.3) is 6.01 Å². The second-order valence-corrected chi connectivity index (χ2v) is 5.47. The van der Waals surface area contributed by atoms with Crippen LogP contribution >= 0.6 is 0 Å². The number of oxazole rings is 1. The first-order valence-corrected chi connectivity index (χ1v) is 7.42. The van der Waals surface area contributed by atoms with Crippen LogP contribution < -0.4 is 5.32 Å². The summed E-state index contributed by atoms with van der Waals surface area (Å²) in [5.41, 5.74) is 1.32. The van der Waals surface area contributed by atoms with Crippen molar-refractivity contribution in [3.05, 3.63) is 47.9 Å². The van der Waals surface area contributed by atoms with Crippen LogP contribution in [0.25, 0.3) is 0 Å². The van der Waals surface area contributed by atoms with Crippen LogP contribution in [0.1, 0.15) is 28.4 Å². The second-order valence-electron chi connectivity index (χ2n) is 5.47. The number of carboxylic acid groups (broad SMARTS) is 1. The number of aromatic carboxylic acids is 1. The van der Waals surface area contributed by atoms with Gasteiger partial charge in [0.2, 0.25) is 0 Å². The van der Waals surface area contributed by atoms with Crippen LogP contribution in [0.3, 0.4) is 0 Å².